The maximum absolute atomic E-state index is 11.9. The number of amides is 2. The number of phenolic OH excluding ortho intramolecular Hbond substituents is 1. The van der Waals surface area contributed by atoms with Crippen LogP contribution in [0, 0.1) is 0 Å². The first-order valence-electron chi connectivity index (χ1n) is 8.11. The lowest BCUT2D eigenvalue weighted by Gasteiger charge is -2.15. The Morgan fingerprint density at radius 1 is 1.07 bits per heavy atom. The van der Waals surface area contributed by atoms with Crippen LogP contribution in [-0.4, -0.2) is 50.1 Å². The molecule has 2 rings (SSSR count). The van der Waals surface area contributed by atoms with Gasteiger partial charge in [-0.15, -0.1) is 0 Å². The summed E-state index contributed by atoms with van der Waals surface area (Å²) in [5.41, 5.74) is -0.784. The number of benzene rings is 1. The van der Waals surface area contributed by atoms with E-state index >= 15 is 0 Å². The second-order valence-electron chi connectivity index (χ2n) is 5.84. The fraction of sp³-hybridized carbons (Fsp3) is 0.235. The summed E-state index contributed by atoms with van der Waals surface area (Å²) >= 11 is 0. The first kappa shape index (κ1) is 20.4. The number of H-pyrrole nitrogens is 1. The average Bonchev–Trinajstić information content (AvgIpc) is 2.63. The SMILES string of the molecule is O=C(Cn1ccc(=O)[nH]c1=O)NCC(=O)N[C@@H](Cc1ccc(O)cc1)C(=O)O. The maximum Gasteiger partial charge on any atom is 0.328 e. The quantitative estimate of drug-likeness (QED) is 0.353. The minimum Gasteiger partial charge on any atom is -0.508 e. The van der Waals surface area contributed by atoms with E-state index in [4.69, 9.17) is 0 Å². The number of carbonyl (C=O) groups excluding carboxylic acids is 2. The summed E-state index contributed by atoms with van der Waals surface area (Å²) in [5.74, 6) is -2.63. The predicted octanol–water partition coefficient (Wildman–Crippen LogP) is -1.83. The molecule has 0 aliphatic heterocycles. The van der Waals surface area contributed by atoms with Crippen LogP contribution >= 0.6 is 0 Å². The second-order valence-corrected chi connectivity index (χ2v) is 5.84. The summed E-state index contributed by atoms with van der Waals surface area (Å²) in [6.07, 6.45) is 1.13. The van der Waals surface area contributed by atoms with Crippen molar-refractivity contribution in [3.63, 3.8) is 0 Å². The summed E-state index contributed by atoms with van der Waals surface area (Å²) in [5, 5.41) is 23.0. The zero-order chi connectivity index (χ0) is 20.7. The maximum atomic E-state index is 11.9. The van der Waals surface area contributed by atoms with Gasteiger partial charge in [-0.05, 0) is 17.7 Å². The number of carboxylic acids is 1. The molecule has 11 heteroatoms. The monoisotopic (exact) mass is 390 g/mol. The topological polar surface area (TPSA) is 171 Å². The molecule has 0 saturated carbocycles. The summed E-state index contributed by atoms with van der Waals surface area (Å²) in [6, 6.07) is 5.70. The zero-order valence-corrected chi connectivity index (χ0v) is 14.5. The van der Waals surface area contributed by atoms with E-state index in [1.807, 2.05) is 4.98 Å². The second kappa shape index (κ2) is 9.16. The van der Waals surface area contributed by atoms with Crippen LogP contribution in [0.25, 0.3) is 0 Å². The van der Waals surface area contributed by atoms with Gasteiger partial charge in [-0.3, -0.25) is 23.9 Å². The van der Waals surface area contributed by atoms with E-state index in [0.717, 1.165) is 16.8 Å². The standard InChI is InChI=1S/C17H18N4O7/c22-11-3-1-10(2-4-11)7-12(16(26)27)19-14(24)8-18-15(25)9-21-6-5-13(23)20-17(21)28/h1-6,12,22H,7-9H2,(H,18,25)(H,19,24)(H,26,27)(H,20,23,28)/t12-/m0/s1. The van der Waals surface area contributed by atoms with Crippen LogP contribution in [-0.2, 0) is 27.3 Å². The number of hydrogen-bond donors (Lipinski definition) is 5. The summed E-state index contributed by atoms with van der Waals surface area (Å²) in [4.78, 5) is 59.5. The van der Waals surface area contributed by atoms with Gasteiger partial charge in [0.25, 0.3) is 5.56 Å². The van der Waals surface area contributed by atoms with Gasteiger partial charge in [-0.25, -0.2) is 9.59 Å². The number of aromatic amines is 1. The zero-order valence-electron chi connectivity index (χ0n) is 14.5. The molecular formula is C17H18N4O7. The summed E-state index contributed by atoms with van der Waals surface area (Å²) in [7, 11) is 0. The minimum atomic E-state index is -1.26. The van der Waals surface area contributed by atoms with E-state index < -0.39 is 48.2 Å². The molecule has 0 aliphatic rings. The number of hydrogen-bond acceptors (Lipinski definition) is 6. The van der Waals surface area contributed by atoms with Crippen molar-refractivity contribution in [1.29, 1.82) is 0 Å². The van der Waals surface area contributed by atoms with Gasteiger partial charge in [0.2, 0.25) is 11.8 Å². The van der Waals surface area contributed by atoms with Crippen LogP contribution in [0.5, 0.6) is 5.75 Å². The molecule has 2 amide bonds. The molecule has 0 aliphatic carbocycles. The van der Waals surface area contributed by atoms with E-state index in [1.54, 1.807) is 0 Å². The Kier molecular flexibility index (Phi) is 6.68. The Morgan fingerprint density at radius 2 is 1.75 bits per heavy atom. The number of aromatic hydroxyl groups is 1. The van der Waals surface area contributed by atoms with Crippen LogP contribution in [0.2, 0.25) is 0 Å². The minimum absolute atomic E-state index is 0.0118. The van der Waals surface area contributed by atoms with Gasteiger partial charge in [0, 0.05) is 18.7 Å². The van der Waals surface area contributed by atoms with Crippen molar-refractivity contribution in [3.05, 3.63) is 62.9 Å². The van der Waals surface area contributed by atoms with Crippen molar-refractivity contribution in [3.8, 4) is 5.75 Å². The van der Waals surface area contributed by atoms with E-state index in [9.17, 15) is 34.2 Å². The Bertz CT molecular complexity index is 978. The number of aliphatic carboxylic acids is 1. The number of nitrogens with one attached hydrogen (secondary N) is 3. The van der Waals surface area contributed by atoms with Gasteiger partial charge >= 0.3 is 11.7 Å². The van der Waals surface area contributed by atoms with E-state index in [1.165, 1.54) is 24.3 Å². The molecular weight excluding hydrogens is 372 g/mol. The Labute approximate surface area is 157 Å². The van der Waals surface area contributed by atoms with Gasteiger partial charge in [-0.2, -0.15) is 0 Å². The van der Waals surface area contributed by atoms with Crippen molar-refractivity contribution in [1.82, 2.24) is 20.2 Å². The molecule has 0 bridgehead atoms. The highest BCUT2D eigenvalue weighted by Gasteiger charge is 2.20. The van der Waals surface area contributed by atoms with E-state index in [0.29, 0.717) is 5.56 Å². The van der Waals surface area contributed by atoms with Crippen molar-refractivity contribution >= 4 is 17.8 Å². The van der Waals surface area contributed by atoms with Gasteiger partial charge in [0.1, 0.15) is 18.3 Å². The fourth-order valence-electron chi connectivity index (χ4n) is 2.27. The van der Waals surface area contributed by atoms with Gasteiger partial charge in [0.15, 0.2) is 0 Å². The summed E-state index contributed by atoms with van der Waals surface area (Å²) in [6.45, 7) is -0.908. The highest BCUT2D eigenvalue weighted by Crippen LogP contribution is 2.11. The molecule has 1 atom stereocenters. The van der Waals surface area contributed by atoms with Crippen LogP contribution < -0.4 is 21.9 Å². The van der Waals surface area contributed by atoms with Crippen LogP contribution in [0.3, 0.4) is 0 Å². The highest BCUT2D eigenvalue weighted by atomic mass is 16.4. The Balaban J connectivity index is 1.87. The molecule has 0 radical (unpaired) electrons. The molecule has 5 N–H and O–H groups in total. The third kappa shape index (κ3) is 6.12. The molecule has 148 valence electrons. The molecule has 0 saturated heterocycles. The third-order valence-corrected chi connectivity index (χ3v) is 3.67. The third-order valence-electron chi connectivity index (χ3n) is 3.67. The molecule has 1 aromatic carbocycles. The number of carboxylic acid groups (broad SMARTS) is 1. The Hall–Kier alpha value is -3.89. The van der Waals surface area contributed by atoms with Crippen molar-refractivity contribution in [2.75, 3.05) is 6.54 Å². The fourth-order valence-corrected chi connectivity index (χ4v) is 2.27. The predicted molar refractivity (Wildman–Crippen MR) is 95.7 cm³/mol. The van der Waals surface area contributed by atoms with E-state index in [-0.39, 0.29) is 12.2 Å². The van der Waals surface area contributed by atoms with Gasteiger partial charge in [-0.1, -0.05) is 12.1 Å². The normalized spacial score (nSPS) is 11.4. The molecule has 1 aromatic heterocycles. The van der Waals surface area contributed by atoms with Crippen LogP contribution in [0.1, 0.15) is 5.56 Å². The molecule has 28 heavy (non-hydrogen) atoms. The van der Waals surface area contributed by atoms with Crippen molar-refractivity contribution < 1.29 is 24.6 Å². The van der Waals surface area contributed by atoms with Crippen molar-refractivity contribution in [2.24, 2.45) is 0 Å². The highest BCUT2D eigenvalue weighted by molar-refractivity contribution is 5.87. The molecule has 1 heterocycles. The number of phenols is 1. The lowest BCUT2D eigenvalue weighted by molar-refractivity contribution is -0.141. The average molecular weight is 390 g/mol. The molecule has 2 aromatic rings. The number of carbonyl (C=O) groups is 3. The Morgan fingerprint density at radius 3 is 2.36 bits per heavy atom. The molecule has 0 unspecified atom stereocenters. The summed E-state index contributed by atoms with van der Waals surface area (Å²) < 4.78 is 0.944. The smallest absolute Gasteiger partial charge is 0.328 e. The first-order valence-corrected chi connectivity index (χ1v) is 8.11. The van der Waals surface area contributed by atoms with E-state index in [2.05, 4.69) is 10.6 Å². The lowest BCUT2D eigenvalue weighted by atomic mass is 10.1. The number of aromatic nitrogens is 2. The molecule has 0 spiro atoms. The number of rotatable bonds is 8. The molecule has 0 fully saturated rings. The van der Waals surface area contributed by atoms with Gasteiger partial charge < -0.3 is 20.8 Å². The van der Waals surface area contributed by atoms with Crippen LogP contribution in [0.4, 0.5) is 0 Å². The molecule has 11 nitrogen and oxygen atoms in total. The first-order chi connectivity index (χ1) is 13.2. The lowest BCUT2D eigenvalue weighted by Crippen LogP contribution is -2.47. The van der Waals surface area contributed by atoms with Gasteiger partial charge in [0.05, 0.1) is 6.54 Å². The number of nitrogens with zero attached hydrogens (tertiary/aromatic N) is 1. The van der Waals surface area contributed by atoms with Crippen LogP contribution in [0.15, 0.2) is 46.1 Å². The van der Waals surface area contributed by atoms with Crippen molar-refractivity contribution in [2.45, 2.75) is 19.0 Å². The largest absolute Gasteiger partial charge is 0.508 e.